The Morgan fingerprint density at radius 2 is 1.89 bits per heavy atom. The van der Waals surface area contributed by atoms with Crippen molar-refractivity contribution in [3.05, 3.63) is 23.4 Å². The Balaban J connectivity index is 1.22. The number of rotatable bonds is 7. The number of carbonyl (C=O) groups excluding carboxylic acids is 2. The van der Waals surface area contributed by atoms with Crippen LogP contribution in [0, 0.1) is 0 Å². The molecular formula is C23H30ClN5O4S2. The van der Waals surface area contributed by atoms with Crippen LogP contribution in [-0.2, 0) is 19.6 Å². The van der Waals surface area contributed by atoms with Crippen molar-refractivity contribution in [3.8, 4) is 0 Å². The maximum atomic E-state index is 13.2. The molecule has 0 saturated carbocycles. The summed E-state index contributed by atoms with van der Waals surface area (Å²) in [5, 5.41) is 0.968. The third kappa shape index (κ3) is 5.48. The number of nitrogens with zero attached hydrogens (tertiary/aromatic N) is 4. The number of sulfonamides is 1. The van der Waals surface area contributed by atoms with E-state index in [-0.39, 0.29) is 28.6 Å². The average molecular weight is 540 g/mol. The molecule has 0 aromatic carbocycles. The van der Waals surface area contributed by atoms with Crippen LogP contribution in [0.1, 0.15) is 38.5 Å². The van der Waals surface area contributed by atoms with E-state index >= 15 is 0 Å². The third-order valence-electron chi connectivity index (χ3n) is 7.11. The number of hydrogen-bond acceptors (Lipinski definition) is 7. The number of halogens is 1. The van der Waals surface area contributed by atoms with Crippen molar-refractivity contribution in [2.45, 2.75) is 54.8 Å². The van der Waals surface area contributed by atoms with Crippen molar-refractivity contribution in [2.24, 2.45) is 0 Å². The number of carbonyl (C=O) groups is 2. The van der Waals surface area contributed by atoms with Gasteiger partial charge in [0, 0.05) is 31.1 Å². The maximum Gasteiger partial charge on any atom is 0.250 e. The van der Waals surface area contributed by atoms with Gasteiger partial charge in [0.15, 0.2) is 0 Å². The minimum Gasteiger partial charge on any atom is -0.337 e. The first-order valence-corrected chi connectivity index (χ1v) is 14.9. The summed E-state index contributed by atoms with van der Waals surface area (Å²) < 4.78 is 28.7. The molecule has 0 spiro atoms. The number of fused-ring (bicyclic) bond motifs is 1. The molecule has 0 aliphatic carbocycles. The fourth-order valence-corrected chi connectivity index (χ4v) is 8.10. The lowest BCUT2D eigenvalue weighted by molar-refractivity contribution is -0.143. The Morgan fingerprint density at radius 1 is 1.11 bits per heavy atom. The van der Waals surface area contributed by atoms with Gasteiger partial charge in [-0.2, -0.15) is 4.72 Å². The summed E-state index contributed by atoms with van der Waals surface area (Å²) in [5.74, 6) is -0.387. The molecule has 3 fully saturated rings. The van der Waals surface area contributed by atoms with Gasteiger partial charge in [-0.15, -0.1) is 11.3 Å². The first-order chi connectivity index (χ1) is 16.8. The Morgan fingerprint density at radius 3 is 2.69 bits per heavy atom. The first kappa shape index (κ1) is 24.9. The first-order valence-electron chi connectivity index (χ1n) is 12.2. The maximum absolute atomic E-state index is 13.2. The van der Waals surface area contributed by atoms with E-state index in [4.69, 9.17) is 11.6 Å². The molecule has 0 unspecified atom stereocenters. The average Bonchev–Trinajstić information content (AvgIpc) is 3.57. The fourth-order valence-electron chi connectivity index (χ4n) is 5.33. The van der Waals surface area contributed by atoms with Gasteiger partial charge in [-0.25, -0.2) is 13.4 Å². The van der Waals surface area contributed by atoms with Crippen LogP contribution in [0.3, 0.4) is 0 Å². The Hall–Kier alpha value is -1.79. The molecule has 2 atom stereocenters. The van der Waals surface area contributed by atoms with E-state index in [1.807, 2.05) is 4.90 Å². The van der Waals surface area contributed by atoms with Gasteiger partial charge in [0.1, 0.15) is 20.2 Å². The van der Waals surface area contributed by atoms with Gasteiger partial charge >= 0.3 is 0 Å². The molecule has 0 bridgehead atoms. The van der Waals surface area contributed by atoms with Crippen LogP contribution in [0.25, 0.3) is 10.2 Å². The summed E-state index contributed by atoms with van der Waals surface area (Å²) >= 11 is 6.93. The van der Waals surface area contributed by atoms with Gasteiger partial charge < -0.3 is 14.7 Å². The van der Waals surface area contributed by atoms with Crippen LogP contribution < -0.4 is 4.72 Å². The smallest absolute Gasteiger partial charge is 0.250 e. The van der Waals surface area contributed by atoms with E-state index in [1.165, 1.54) is 23.8 Å². The molecule has 190 valence electrons. The topological polar surface area (TPSA) is 103 Å². The van der Waals surface area contributed by atoms with Gasteiger partial charge in [0.05, 0.1) is 6.54 Å². The standard InChI is InChI=1S/C23H30ClN5O4S2/c24-19-8-7-16-13-21(34-22(16)25-19)35(32,33)26-18-6-4-11-28(23(18)31)15-20(30)29-12-3-5-17(29)14-27-9-1-2-10-27/h7-8,13,17-18,26H,1-6,9-12,14-15H2/t17-,18-/m0/s1. The molecule has 5 heterocycles. The quantitative estimate of drug-likeness (QED) is 0.542. The molecule has 12 heteroatoms. The number of nitrogens with one attached hydrogen (secondary N) is 1. The van der Waals surface area contributed by atoms with Crippen molar-refractivity contribution in [1.29, 1.82) is 0 Å². The second kappa shape index (κ2) is 10.3. The minimum atomic E-state index is -3.92. The second-order valence-electron chi connectivity index (χ2n) is 9.56. The van der Waals surface area contributed by atoms with Crippen LogP contribution >= 0.6 is 22.9 Å². The molecule has 2 amide bonds. The van der Waals surface area contributed by atoms with Crippen LogP contribution in [0.4, 0.5) is 0 Å². The van der Waals surface area contributed by atoms with Gasteiger partial charge in [-0.05, 0) is 69.8 Å². The number of aromatic nitrogens is 1. The number of pyridine rings is 1. The third-order valence-corrected chi connectivity index (χ3v) is 10.3. The lowest BCUT2D eigenvalue weighted by Crippen LogP contribution is -2.55. The molecule has 3 aliphatic rings. The van der Waals surface area contributed by atoms with Crippen molar-refractivity contribution >= 4 is 55.0 Å². The zero-order chi connectivity index (χ0) is 24.6. The molecule has 2 aromatic heterocycles. The molecule has 5 rings (SSSR count). The van der Waals surface area contributed by atoms with Crippen molar-refractivity contribution in [3.63, 3.8) is 0 Å². The van der Waals surface area contributed by atoms with Crippen molar-refractivity contribution in [1.82, 2.24) is 24.4 Å². The SMILES string of the molecule is O=C1[C@@H](NS(=O)(=O)c2cc3ccc(Cl)nc3s2)CCCN1CC(=O)N1CCC[C@H]1CN1CCCC1. The van der Waals surface area contributed by atoms with E-state index in [0.29, 0.717) is 34.8 Å². The Labute approximate surface area is 214 Å². The van der Waals surface area contributed by atoms with Gasteiger partial charge in [0.25, 0.3) is 10.0 Å². The van der Waals surface area contributed by atoms with Crippen molar-refractivity contribution < 1.29 is 18.0 Å². The summed E-state index contributed by atoms with van der Waals surface area (Å²) in [6.45, 7) is 4.26. The molecule has 3 saturated heterocycles. The summed E-state index contributed by atoms with van der Waals surface area (Å²) in [6.07, 6.45) is 5.44. The highest BCUT2D eigenvalue weighted by Gasteiger charge is 2.36. The highest BCUT2D eigenvalue weighted by Crippen LogP contribution is 2.29. The normalized spacial score (nSPS) is 24.1. The molecule has 2 aromatic rings. The molecule has 3 aliphatic heterocycles. The van der Waals surface area contributed by atoms with E-state index in [1.54, 1.807) is 12.1 Å². The van der Waals surface area contributed by atoms with Gasteiger partial charge in [-0.1, -0.05) is 11.6 Å². The predicted molar refractivity (Wildman–Crippen MR) is 135 cm³/mol. The lowest BCUT2D eigenvalue weighted by atomic mass is 10.1. The van der Waals surface area contributed by atoms with E-state index in [0.717, 1.165) is 50.4 Å². The monoisotopic (exact) mass is 539 g/mol. The van der Waals surface area contributed by atoms with E-state index < -0.39 is 16.1 Å². The minimum absolute atomic E-state index is 0.00112. The molecule has 1 N–H and O–H groups in total. The largest absolute Gasteiger partial charge is 0.337 e. The van der Waals surface area contributed by atoms with Crippen LogP contribution in [0.2, 0.25) is 5.15 Å². The van der Waals surface area contributed by atoms with Crippen molar-refractivity contribution in [2.75, 3.05) is 39.3 Å². The summed E-state index contributed by atoms with van der Waals surface area (Å²) in [7, 11) is -3.92. The lowest BCUT2D eigenvalue weighted by Gasteiger charge is -2.34. The molecule has 0 radical (unpaired) electrons. The zero-order valence-corrected chi connectivity index (χ0v) is 21.9. The number of amides is 2. The molecular weight excluding hydrogens is 510 g/mol. The predicted octanol–water partition coefficient (Wildman–Crippen LogP) is 2.31. The van der Waals surface area contributed by atoms with Crippen LogP contribution in [-0.4, -0.2) is 91.3 Å². The fraction of sp³-hybridized carbons (Fsp3) is 0.609. The number of hydrogen-bond donors (Lipinski definition) is 1. The Kier molecular flexibility index (Phi) is 7.32. The summed E-state index contributed by atoms with van der Waals surface area (Å²) in [6, 6.07) is 4.17. The highest BCUT2D eigenvalue weighted by atomic mass is 35.5. The number of likely N-dealkylation sites (tertiary alicyclic amines) is 3. The summed E-state index contributed by atoms with van der Waals surface area (Å²) in [5.41, 5.74) is 0. The van der Waals surface area contributed by atoms with Crippen LogP contribution in [0.5, 0.6) is 0 Å². The molecule has 9 nitrogen and oxygen atoms in total. The zero-order valence-electron chi connectivity index (χ0n) is 19.5. The Bertz CT molecular complexity index is 1210. The van der Waals surface area contributed by atoms with Gasteiger partial charge in [-0.3, -0.25) is 9.59 Å². The second-order valence-corrected chi connectivity index (χ2v) is 12.9. The summed E-state index contributed by atoms with van der Waals surface area (Å²) in [4.78, 5) is 36.8. The number of piperidine rings is 1. The number of thiophene rings is 1. The van der Waals surface area contributed by atoms with Gasteiger partial charge in [0.2, 0.25) is 11.8 Å². The van der Waals surface area contributed by atoms with E-state index in [2.05, 4.69) is 14.6 Å². The van der Waals surface area contributed by atoms with E-state index in [9.17, 15) is 18.0 Å². The van der Waals surface area contributed by atoms with Crippen LogP contribution in [0.15, 0.2) is 22.4 Å². The highest BCUT2D eigenvalue weighted by molar-refractivity contribution is 7.91. The molecule has 35 heavy (non-hydrogen) atoms.